The summed E-state index contributed by atoms with van der Waals surface area (Å²) in [6.07, 6.45) is 1.27. The Labute approximate surface area is 212 Å². The van der Waals surface area contributed by atoms with Gasteiger partial charge in [-0.05, 0) is 56.3 Å². The van der Waals surface area contributed by atoms with Gasteiger partial charge in [0.15, 0.2) is 0 Å². The van der Waals surface area contributed by atoms with Gasteiger partial charge in [0.05, 0.1) is 17.8 Å². The Morgan fingerprint density at radius 1 is 1.03 bits per heavy atom. The van der Waals surface area contributed by atoms with Crippen LogP contribution in [0.2, 0.25) is 0 Å². The average Bonchev–Trinajstić information content (AvgIpc) is 3.29. The zero-order valence-electron chi connectivity index (χ0n) is 21.0. The number of hydrogen-bond acceptors (Lipinski definition) is 4. The minimum atomic E-state index is -0.341. The van der Waals surface area contributed by atoms with Gasteiger partial charge in [-0.25, -0.2) is 4.98 Å². The van der Waals surface area contributed by atoms with Crippen molar-refractivity contribution in [2.75, 3.05) is 14.1 Å². The number of fused-ring (bicyclic) bond motifs is 1. The van der Waals surface area contributed by atoms with Gasteiger partial charge >= 0.3 is 0 Å². The van der Waals surface area contributed by atoms with Crippen LogP contribution in [-0.4, -0.2) is 50.9 Å². The molecule has 0 spiro atoms. The molecule has 1 aliphatic heterocycles. The van der Waals surface area contributed by atoms with Crippen LogP contribution in [0.4, 0.5) is 0 Å². The SMILES string of the molecule is Cc1[nH]c([C@@H]2Cc3ccccc3CN2C(=O)[C@H](Cc2ccc(O)cc2)N(C)C)nc1-c1ccccc1. The predicted molar refractivity (Wildman–Crippen MR) is 141 cm³/mol. The summed E-state index contributed by atoms with van der Waals surface area (Å²) in [6, 6.07) is 25.1. The van der Waals surface area contributed by atoms with Crippen LogP contribution in [0, 0.1) is 6.92 Å². The molecule has 0 fully saturated rings. The number of phenolic OH excluding ortho intramolecular Hbond substituents is 1. The van der Waals surface area contributed by atoms with Crippen molar-refractivity contribution in [3.63, 3.8) is 0 Å². The summed E-state index contributed by atoms with van der Waals surface area (Å²) in [5, 5.41) is 9.68. The number of likely N-dealkylation sites (N-methyl/N-ethyl adjacent to an activating group) is 1. The predicted octanol–water partition coefficient (Wildman–Crippen LogP) is 4.89. The molecule has 1 aliphatic rings. The number of carbonyl (C=O) groups excluding carboxylic acids is 1. The number of H-pyrrole nitrogens is 1. The van der Waals surface area contributed by atoms with Gasteiger partial charge in [0, 0.05) is 24.2 Å². The van der Waals surface area contributed by atoms with Crippen molar-refractivity contribution in [1.82, 2.24) is 19.8 Å². The highest BCUT2D eigenvalue weighted by Crippen LogP contribution is 2.35. The second-order valence-corrected chi connectivity index (χ2v) is 9.77. The molecule has 0 bridgehead atoms. The minimum Gasteiger partial charge on any atom is -0.508 e. The van der Waals surface area contributed by atoms with E-state index in [2.05, 4.69) is 35.3 Å². The standard InChI is InChI=1S/C30H32N4O2/c1-20-28(22-9-5-4-6-10-22)32-29(31-20)26-18-23-11-7-8-12-24(23)19-34(26)30(36)27(33(2)3)17-21-13-15-25(35)16-14-21/h4-16,26-27,35H,17-19H2,1-3H3,(H,31,32)/t26-,27-/m0/s1. The van der Waals surface area contributed by atoms with Gasteiger partial charge in [0.1, 0.15) is 11.6 Å². The van der Waals surface area contributed by atoms with Crippen LogP contribution in [0.15, 0.2) is 78.9 Å². The Morgan fingerprint density at radius 2 is 1.69 bits per heavy atom. The maximum absolute atomic E-state index is 14.2. The van der Waals surface area contributed by atoms with E-state index in [0.29, 0.717) is 19.4 Å². The molecular weight excluding hydrogens is 448 g/mol. The highest BCUT2D eigenvalue weighted by Gasteiger charge is 2.37. The Bertz CT molecular complexity index is 1350. The maximum atomic E-state index is 14.2. The van der Waals surface area contributed by atoms with Crippen LogP contribution >= 0.6 is 0 Å². The molecule has 2 heterocycles. The minimum absolute atomic E-state index is 0.0721. The van der Waals surface area contributed by atoms with E-state index < -0.39 is 0 Å². The normalized spacial score (nSPS) is 16.1. The quantitative estimate of drug-likeness (QED) is 0.412. The molecule has 2 N–H and O–H groups in total. The third-order valence-corrected chi connectivity index (χ3v) is 7.07. The largest absolute Gasteiger partial charge is 0.508 e. The Morgan fingerprint density at radius 3 is 2.39 bits per heavy atom. The second-order valence-electron chi connectivity index (χ2n) is 9.77. The number of aromatic hydroxyl groups is 1. The van der Waals surface area contributed by atoms with Gasteiger partial charge in [-0.2, -0.15) is 0 Å². The lowest BCUT2D eigenvalue weighted by atomic mass is 9.92. The van der Waals surface area contributed by atoms with Crippen LogP contribution in [0.5, 0.6) is 5.75 Å². The zero-order valence-corrected chi connectivity index (χ0v) is 21.0. The Balaban J connectivity index is 1.51. The van der Waals surface area contributed by atoms with Crippen LogP contribution in [-0.2, 0) is 24.2 Å². The van der Waals surface area contributed by atoms with Crippen LogP contribution in [0.1, 0.15) is 34.3 Å². The van der Waals surface area contributed by atoms with Crippen molar-refractivity contribution in [1.29, 1.82) is 0 Å². The third-order valence-electron chi connectivity index (χ3n) is 7.07. The van der Waals surface area contributed by atoms with Gasteiger partial charge < -0.3 is 15.0 Å². The van der Waals surface area contributed by atoms with E-state index in [0.717, 1.165) is 28.3 Å². The molecular formula is C30H32N4O2. The van der Waals surface area contributed by atoms with Gasteiger partial charge in [-0.3, -0.25) is 9.69 Å². The number of rotatable bonds is 6. The van der Waals surface area contributed by atoms with Crippen molar-refractivity contribution < 1.29 is 9.90 Å². The molecule has 0 unspecified atom stereocenters. The number of imidazole rings is 1. The van der Waals surface area contributed by atoms with Gasteiger partial charge in [-0.1, -0.05) is 66.7 Å². The molecule has 0 aliphatic carbocycles. The number of aryl methyl sites for hydroxylation is 1. The highest BCUT2D eigenvalue weighted by atomic mass is 16.3. The van der Waals surface area contributed by atoms with E-state index >= 15 is 0 Å². The Kier molecular flexibility index (Phi) is 6.61. The van der Waals surface area contributed by atoms with Crippen LogP contribution in [0.25, 0.3) is 11.3 Å². The fourth-order valence-electron chi connectivity index (χ4n) is 5.05. The molecule has 1 amide bonds. The number of nitrogens with zero attached hydrogens (tertiary/aromatic N) is 3. The summed E-state index contributed by atoms with van der Waals surface area (Å²) in [5.41, 5.74) is 6.41. The van der Waals surface area contributed by atoms with Crippen molar-refractivity contribution in [3.8, 4) is 17.0 Å². The summed E-state index contributed by atoms with van der Waals surface area (Å²) >= 11 is 0. The maximum Gasteiger partial charge on any atom is 0.241 e. The Hall–Kier alpha value is -3.90. The third kappa shape index (κ3) is 4.77. The molecule has 0 radical (unpaired) electrons. The fourth-order valence-corrected chi connectivity index (χ4v) is 5.05. The van der Waals surface area contributed by atoms with Crippen molar-refractivity contribution in [3.05, 3.63) is 107 Å². The summed E-state index contributed by atoms with van der Waals surface area (Å²) < 4.78 is 0. The number of aromatic amines is 1. The number of hydrogen-bond donors (Lipinski definition) is 2. The summed E-state index contributed by atoms with van der Waals surface area (Å²) in [7, 11) is 3.89. The molecule has 2 atom stereocenters. The molecule has 6 nitrogen and oxygen atoms in total. The van der Waals surface area contributed by atoms with Gasteiger partial charge in [-0.15, -0.1) is 0 Å². The van der Waals surface area contributed by atoms with E-state index in [1.165, 1.54) is 11.1 Å². The lowest BCUT2D eigenvalue weighted by Crippen LogP contribution is -2.50. The van der Waals surface area contributed by atoms with Crippen molar-refractivity contribution in [2.45, 2.75) is 38.4 Å². The summed E-state index contributed by atoms with van der Waals surface area (Å²) in [5.74, 6) is 1.11. The average molecular weight is 481 g/mol. The molecule has 6 heteroatoms. The number of aromatic nitrogens is 2. The van der Waals surface area contributed by atoms with E-state index in [-0.39, 0.29) is 23.7 Å². The number of amides is 1. The molecule has 36 heavy (non-hydrogen) atoms. The van der Waals surface area contributed by atoms with Gasteiger partial charge in [0.2, 0.25) is 5.91 Å². The first kappa shape index (κ1) is 23.8. The molecule has 184 valence electrons. The van der Waals surface area contributed by atoms with Gasteiger partial charge in [0.25, 0.3) is 0 Å². The fraction of sp³-hybridized carbons (Fsp3) is 0.267. The van der Waals surface area contributed by atoms with Crippen molar-refractivity contribution >= 4 is 5.91 Å². The highest BCUT2D eigenvalue weighted by molar-refractivity contribution is 5.83. The lowest BCUT2D eigenvalue weighted by Gasteiger charge is -2.39. The number of carbonyl (C=O) groups is 1. The topological polar surface area (TPSA) is 72.5 Å². The second kappa shape index (κ2) is 9.99. The molecule has 5 rings (SSSR count). The first-order valence-corrected chi connectivity index (χ1v) is 12.3. The molecule has 4 aromatic rings. The van der Waals surface area contributed by atoms with E-state index in [4.69, 9.17) is 4.98 Å². The number of nitrogens with one attached hydrogen (secondary N) is 1. The summed E-state index contributed by atoms with van der Waals surface area (Å²) in [6.45, 7) is 2.58. The number of benzene rings is 3. The monoisotopic (exact) mass is 480 g/mol. The van der Waals surface area contributed by atoms with Crippen LogP contribution < -0.4 is 0 Å². The first-order chi connectivity index (χ1) is 17.4. The van der Waals surface area contributed by atoms with E-state index in [1.54, 1.807) is 12.1 Å². The van der Waals surface area contributed by atoms with E-state index in [9.17, 15) is 9.90 Å². The van der Waals surface area contributed by atoms with Crippen LogP contribution in [0.3, 0.4) is 0 Å². The summed E-state index contributed by atoms with van der Waals surface area (Å²) in [4.78, 5) is 26.7. The first-order valence-electron chi connectivity index (χ1n) is 12.3. The molecule has 1 aromatic heterocycles. The van der Waals surface area contributed by atoms with E-state index in [1.807, 2.05) is 67.2 Å². The lowest BCUT2D eigenvalue weighted by molar-refractivity contribution is -0.140. The zero-order chi connectivity index (χ0) is 25.2. The smallest absolute Gasteiger partial charge is 0.241 e. The molecule has 0 saturated heterocycles. The van der Waals surface area contributed by atoms with Crippen molar-refractivity contribution in [2.24, 2.45) is 0 Å². The molecule has 3 aromatic carbocycles. The molecule has 0 saturated carbocycles. The number of phenols is 1.